The van der Waals surface area contributed by atoms with Crippen molar-refractivity contribution in [1.82, 2.24) is 4.90 Å². The van der Waals surface area contributed by atoms with E-state index in [9.17, 15) is 4.79 Å². The van der Waals surface area contributed by atoms with Crippen LogP contribution in [0.15, 0.2) is 48.5 Å². The Morgan fingerprint density at radius 2 is 2.04 bits per heavy atom. The Bertz CT molecular complexity index is 722. The number of rotatable bonds is 5. The van der Waals surface area contributed by atoms with Crippen LogP contribution in [-0.2, 0) is 4.79 Å². The van der Waals surface area contributed by atoms with E-state index in [0.29, 0.717) is 29.7 Å². The number of amides is 1. The van der Waals surface area contributed by atoms with E-state index in [0.717, 1.165) is 5.75 Å². The number of carbonyl (C=O) groups is 1. The summed E-state index contributed by atoms with van der Waals surface area (Å²) in [6, 6.07) is 14.4. The molecule has 6 heteroatoms. The third-order valence-corrected chi connectivity index (χ3v) is 3.86. The van der Waals surface area contributed by atoms with Crippen molar-refractivity contribution in [3.05, 3.63) is 53.6 Å². The molecule has 1 unspecified atom stereocenters. The van der Waals surface area contributed by atoms with Gasteiger partial charge in [-0.2, -0.15) is 0 Å². The first-order valence-electron chi connectivity index (χ1n) is 7.62. The Labute approximate surface area is 145 Å². The van der Waals surface area contributed by atoms with Crippen LogP contribution in [0.5, 0.6) is 17.2 Å². The topological polar surface area (TPSA) is 48.0 Å². The van der Waals surface area contributed by atoms with Gasteiger partial charge in [0.25, 0.3) is 5.91 Å². The largest absolute Gasteiger partial charge is 0.486 e. The van der Waals surface area contributed by atoms with Gasteiger partial charge in [-0.3, -0.25) is 4.79 Å². The van der Waals surface area contributed by atoms with Crippen molar-refractivity contribution < 1.29 is 19.0 Å². The van der Waals surface area contributed by atoms with Crippen LogP contribution in [-0.4, -0.2) is 43.7 Å². The molecule has 0 saturated heterocycles. The molecule has 1 atom stereocenters. The number of carbonyl (C=O) groups excluding carboxylic acids is 1. The minimum Gasteiger partial charge on any atom is -0.486 e. The molecule has 0 N–H and O–H groups in total. The maximum Gasteiger partial charge on any atom is 0.260 e. The Balaban J connectivity index is 1.50. The number of likely N-dealkylation sites (N-methyl/N-ethyl adjacent to an activating group) is 1. The lowest BCUT2D eigenvalue weighted by atomic mass is 10.2. The van der Waals surface area contributed by atoms with Crippen molar-refractivity contribution in [1.29, 1.82) is 0 Å². The summed E-state index contributed by atoms with van der Waals surface area (Å²) in [5.74, 6) is 1.85. The molecule has 0 fully saturated rings. The van der Waals surface area contributed by atoms with E-state index in [1.54, 1.807) is 36.2 Å². The van der Waals surface area contributed by atoms with Gasteiger partial charge < -0.3 is 19.1 Å². The van der Waals surface area contributed by atoms with Gasteiger partial charge in [0.1, 0.15) is 12.4 Å². The maximum absolute atomic E-state index is 12.2. The van der Waals surface area contributed by atoms with Gasteiger partial charge in [-0.05, 0) is 30.3 Å². The van der Waals surface area contributed by atoms with Crippen molar-refractivity contribution in [2.75, 3.05) is 26.8 Å². The summed E-state index contributed by atoms with van der Waals surface area (Å²) in [6.45, 7) is 0.775. The molecule has 0 radical (unpaired) electrons. The molecule has 0 aromatic heterocycles. The highest BCUT2D eigenvalue weighted by molar-refractivity contribution is 6.30. The third kappa shape index (κ3) is 4.11. The predicted molar refractivity (Wildman–Crippen MR) is 90.9 cm³/mol. The van der Waals surface area contributed by atoms with Gasteiger partial charge in [0.2, 0.25) is 0 Å². The standard InChI is InChI=1S/C18H18ClNO4/c1-20(18(21)12-22-14-6-4-5-13(19)9-14)10-15-11-23-16-7-2-3-8-17(16)24-15/h2-9,15H,10-12H2,1H3. The van der Waals surface area contributed by atoms with E-state index in [4.69, 9.17) is 25.8 Å². The number of nitrogens with zero attached hydrogens (tertiary/aromatic N) is 1. The lowest BCUT2D eigenvalue weighted by Crippen LogP contribution is -2.43. The van der Waals surface area contributed by atoms with Gasteiger partial charge in [-0.1, -0.05) is 29.8 Å². The van der Waals surface area contributed by atoms with Crippen LogP contribution in [0.2, 0.25) is 5.02 Å². The van der Waals surface area contributed by atoms with Crippen molar-refractivity contribution in [2.45, 2.75) is 6.10 Å². The van der Waals surface area contributed by atoms with Crippen molar-refractivity contribution in [3.8, 4) is 17.2 Å². The lowest BCUT2D eigenvalue weighted by Gasteiger charge is -2.29. The second kappa shape index (κ2) is 7.45. The molecule has 5 nitrogen and oxygen atoms in total. The second-order valence-electron chi connectivity index (χ2n) is 5.52. The van der Waals surface area contributed by atoms with Crippen LogP contribution >= 0.6 is 11.6 Å². The van der Waals surface area contributed by atoms with Gasteiger partial charge in [-0.25, -0.2) is 0 Å². The fourth-order valence-corrected chi connectivity index (χ4v) is 2.55. The fourth-order valence-electron chi connectivity index (χ4n) is 2.37. The molecular weight excluding hydrogens is 330 g/mol. The summed E-state index contributed by atoms with van der Waals surface area (Å²) in [6.07, 6.45) is -0.208. The van der Waals surface area contributed by atoms with E-state index >= 15 is 0 Å². The predicted octanol–water partition coefficient (Wildman–Crippen LogP) is 3.02. The SMILES string of the molecule is CN(CC1COc2ccccc2O1)C(=O)COc1cccc(Cl)c1. The third-order valence-electron chi connectivity index (χ3n) is 3.63. The molecule has 2 aromatic rings. The van der Waals surface area contributed by atoms with Gasteiger partial charge in [0, 0.05) is 12.1 Å². The molecule has 1 heterocycles. The summed E-state index contributed by atoms with van der Waals surface area (Å²) in [4.78, 5) is 13.8. The fraction of sp³-hybridized carbons (Fsp3) is 0.278. The first kappa shape index (κ1) is 16.5. The van der Waals surface area contributed by atoms with Gasteiger partial charge >= 0.3 is 0 Å². The molecule has 0 bridgehead atoms. The monoisotopic (exact) mass is 347 g/mol. The minimum absolute atomic E-state index is 0.0546. The van der Waals surface area contributed by atoms with Crippen molar-refractivity contribution in [2.24, 2.45) is 0 Å². The molecule has 2 aromatic carbocycles. The smallest absolute Gasteiger partial charge is 0.260 e. The van der Waals surface area contributed by atoms with Gasteiger partial charge in [-0.15, -0.1) is 0 Å². The quantitative estimate of drug-likeness (QED) is 0.834. The average Bonchev–Trinajstić information content (AvgIpc) is 2.59. The van der Waals surface area contributed by atoms with E-state index in [-0.39, 0.29) is 18.6 Å². The normalized spacial score (nSPS) is 15.7. The average molecular weight is 348 g/mol. The number of hydrogen-bond donors (Lipinski definition) is 0. The summed E-state index contributed by atoms with van der Waals surface area (Å²) in [5, 5.41) is 0.569. The molecule has 1 aliphatic rings. The second-order valence-corrected chi connectivity index (χ2v) is 5.95. The zero-order valence-corrected chi connectivity index (χ0v) is 14.0. The van der Waals surface area contributed by atoms with E-state index < -0.39 is 0 Å². The highest BCUT2D eigenvalue weighted by Crippen LogP contribution is 2.30. The zero-order valence-electron chi connectivity index (χ0n) is 13.3. The molecule has 0 aliphatic carbocycles. The molecule has 0 saturated carbocycles. The Morgan fingerprint density at radius 3 is 2.83 bits per heavy atom. The van der Waals surface area contributed by atoms with Crippen LogP contribution in [0.25, 0.3) is 0 Å². The molecule has 3 rings (SSSR count). The number of benzene rings is 2. The summed E-state index contributed by atoms with van der Waals surface area (Å²) in [5.41, 5.74) is 0. The van der Waals surface area contributed by atoms with Crippen LogP contribution in [0.1, 0.15) is 0 Å². The Morgan fingerprint density at radius 1 is 1.25 bits per heavy atom. The molecule has 1 amide bonds. The van der Waals surface area contributed by atoms with Gasteiger partial charge in [0.05, 0.1) is 6.54 Å². The van der Waals surface area contributed by atoms with Crippen LogP contribution in [0.3, 0.4) is 0 Å². The molecule has 24 heavy (non-hydrogen) atoms. The molecule has 126 valence electrons. The number of ether oxygens (including phenoxy) is 3. The van der Waals surface area contributed by atoms with Crippen molar-refractivity contribution in [3.63, 3.8) is 0 Å². The van der Waals surface area contributed by atoms with E-state index in [2.05, 4.69) is 0 Å². The van der Waals surface area contributed by atoms with Crippen molar-refractivity contribution >= 4 is 17.5 Å². The number of halogens is 1. The van der Waals surface area contributed by atoms with Crippen LogP contribution in [0.4, 0.5) is 0 Å². The summed E-state index contributed by atoms with van der Waals surface area (Å²) < 4.78 is 17.0. The molecular formula is C18H18ClNO4. The van der Waals surface area contributed by atoms with Crippen LogP contribution in [0, 0.1) is 0 Å². The first-order chi connectivity index (χ1) is 11.6. The Hall–Kier alpha value is -2.40. The summed E-state index contributed by atoms with van der Waals surface area (Å²) in [7, 11) is 1.72. The van der Waals surface area contributed by atoms with Crippen LogP contribution < -0.4 is 14.2 Å². The molecule has 1 aliphatic heterocycles. The van der Waals surface area contributed by atoms with Gasteiger partial charge in [0.15, 0.2) is 24.2 Å². The van der Waals surface area contributed by atoms with E-state index in [1.807, 2.05) is 24.3 Å². The lowest BCUT2D eigenvalue weighted by molar-refractivity contribution is -0.133. The molecule has 0 spiro atoms. The number of fused-ring (bicyclic) bond motifs is 1. The zero-order chi connectivity index (χ0) is 16.9. The maximum atomic E-state index is 12.2. The van der Waals surface area contributed by atoms with E-state index in [1.165, 1.54) is 0 Å². The number of hydrogen-bond acceptors (Lipinski definition) is 4. The minimum atomic E-state index is -0.208. The highest BCUT2D eigenvalue weighted by Gasteiger charge is 2.23. The Kier molecular flexibility index (Phi) is 5.11. The number of para-hydroxylation sites is 2. The highest BCUT2D eigenvalue weighted by atomic mass is 35.5. The first-order valence-corrected chi connectivity index (χ1v) is 8.00. The summed E-state index contributed by atoms with van der Waals surface area (Å²) >= 11 is 5.89.